The third-order valence-electron chi connectivity index (χ3n) is 6.76. The Bertz CT molecular complexity index is 1800. The SMILES string of the molecule is Cc1cc[n+](C)c(-c2c(C)ccc3c2oc2c(-c4cccc5ccccc45)c(C#N)ccc23)c1. The lowest BCUT2D eigenvalue weighted by atomic mass is 9.93. The zero-order valence-corrected chi connectivity index (χ0v) is 19.4. The first-order valence-electron chi connectivity index (χ1n) is 11.4. The number of nitriles is 1. The predicted molar refractivity (Wildman–Crippen MR) is 137 cm³/mol. The number of hydrogen-bond acceptors (Lipinski definition) is 2. The Kier molecular flexibility index (Phi) is 4.50. The average molecular weight is 440 g/mol. The topological polar surface area (TPSA) is 40.8 Å². The summed E-state index contributed by atoms with van der Waals surface area (Å²) in [7, 11) is 2.06. The van der Waals surface area contributed by atoms with E-state index in [9.17, 15) is 5.26 Å². The van der Waals surface area contributed by atoms with Crippen LogP contribution in [0.4, 0.5) is 0 Å². The molecule has 6 rings (SSSR count). The van der Waals surface area contributed by atoms with Crippen LogP contribution in [0.2, 0.25) is 0 Å². The molecule has 0 aliphatic carbocycles. The molecule has 0 aliphatic rings. The molecule has 0 saturated carbocycles. The van der Waals surface area contributed by atoms with Crippen LogP contribution in [-0.4, -0.2) is 0 Å². The zero-order valence-electron chi connectivity index (χ0n) is 19.4. The van der Waals surface area contributed by atoms with Crippen LogP contribution in [0.5, 0.6) is 0 Å². The number of furan rings is 1. The summed E-state index contributed by atoms with van der Waals surface area (Å²) in [6.45, 7) is 4.23. The van der Waals surface area contributed by atoms with Gasteiger partial charge in [-0.1, -0.05) is 54.6 Å². The number of fused-ring (bicyclic) bond motifs is 4. The predicted octanol–water partition coefficient (Wildman–Crippen LogP) is 7.39. The third kappa shape index (κ3) is 2.93. The molecule has 0 aliphatic heterocycles. The van der Waals surface area contributed by atoms with Crippen molar-refractivity contribution < 1.29 is 8.98 Å². The van der Waals surface area contributed by atoms with E-state index < -0.39 is 0 Å². The van der Waals surface area contributed by atoms with E-state index in [1.54, 1.807) is 0 Å². The Morgan fingerprint density at radius 2 is 1.50 bits per heavy atom. The highest BCUT2D eigenvalue weighted by molar-refractivity contribution is 6.15. The van der Waals surface area contributed by atoms with E-state index in [0.29, 0.717) is 5.56 Å². The van der Waals surface area contributed by atoms with Crippen molar-refractivity contribution in [3.63, 3.8) is 0 Å². The molecule has 0 fully saturated rings. The second kappa shape index (κ2) is 7.57. The second-order valence-electron chi connectivity index (χ2n) is 8.94. The molecule has 0 spiro atoms. The average Bonchev–Trinajstić information content (AvgIpc) is 3.23. The normalized spacial score (nSPS) is 11.4. The van der Waals surface area contributed by atoms with Crippen molar-refractivity contribution >= 4 is 32.7 Å². The molecule has 0 unspecified atom stereocenters. The number of nitrogens with zero attached hydrogens (tertiary/aromatic N) is 2. The first kappa shape index (κ1) is 20.2. The molecule has 0 atom stereocenters. The summed E-state index contributed by atoms with van der Waals surface area (Å²) in [4.78, 5) is 0. The number of aromatic nitrogens is 1. The van der Waals surface area contributed by atoms with Gasteiger partial charge in [0.15, 0.2) is 6.20 Å². The fourth-order valence-corrected chi connectivity index (χ4v) is 5.05. The van der Waals surface area contributed by atoms with Gasteiger partial charge in [0.25, 0.3) is 0 Å². The van der Waals surface area contributed by atoms with Gasteiger partial charge >= 0.3 is 0 Å². The minimum Gasteiger partial charge on any atom is -0.454 e. The van der Waals surface area contributed by atoms with Crippen molar-refractivity contribution in [1.29, 1.82) is 5.26 Å². The van der Waals surface area contributed by atoms with Gasteiger partial charge in [-0.2, -0.15) is 5.26 Å². The van der Waals surface area contributed by atoms with Gasteiger partial charge in [-0.15, -0.1) is 0 Å². The fourth-order valence-electron chi connectivity index (χ4n) is 5.05. The van der Waals surface area contributed by atoms with Crippen LogP contribution in [-0.2, 0) is 7.05 Å². The Morgan fingerprint density at radius 3 is 2.32 bits per heavy atom. The van der Waals surface area contributed by atoms with Crippen LogP contribution in [0.15, 0.2) is 89.5 Å². The maximum Gasteiger partial charge on any atom is 0.216 e. The Hall–Kier alpha value is -4.42. The molecule has 0 radical (unpaired) electrons. The van der Waals surface area contributed by atoms with Gasteiger partial charge in [-0.3, -0.25) is 0 Å². The van der Waals surface area contributed by atoms with Crippen molar-refractivity contribution in [1.82, 2.24) is 0 Å². The largest absolute Gasteiger partial charge is 0.454 e. The summed E-state index contributed by atoms with van der Waals surface area (Å²) in [6, 6.07) is 29.4. The minimum absolute atomic E-state index is 0.613. The number of pyridine rings is 1. The molecule has 0 bridgehead atoms. The molecule has 3 heteroatoms. The van der Waals surface area contributed by atoms with Gasteiger partial charge < -0.3 is 4.42 Å². The van der Waals surface area contributed by atoms with Crippen LogP contribution < -0.4 is 4.57 Å². The molecule has 0 amide bonds. The highest BCUT2D eigenvalue weighted by Crippen LogP contribution is 2.43. The van der Waals surface area contributed by atoms with Gasteiger partial charge in [-0.25, -0.2) is 4.57 Å². The molecule has 4 aromatic carbocycles. The van der Waals surface area contributed by atoms with Gasteiger partial charge in [0.05, 0.1) is 17.2 Å². The van der Waals surface area contributed by atoms with Crippen LogP contribution in [0.1, 0.15) is 16.7 Å². The van der Waals surface area contributed by atoms with Gasteiger partial charge in [-0.05, 0) is 53.4 Å². The Morgan fingerprint density at radius 1 is 0.765 bits per heavy atom. The van der Waals surface area contributed by atoms with Crippen LogP contribution in [0.3, 0.4) is 0 Å². The maximum absolute atomic E-state index is 10.0. The third-order valence-corrected chi connectivity index (χ3v) is 6.76. The van der Waals surface area contributed by atoms with Crippen molar-refractivity contribution in [3.8, 4) is 28.5 Å². The first-order valence-corrected chi connectivity index (χ1v) is 11.4. The van der Waals surface area contributed by atoms with Crippen molar-refractivity contribution in [2.24, 2.45) is 7.05 Å². The molecular weight excluding hydrogens is 416 g/mol. The van der Waals surface area contributed by atoms with Crippen molar-refractivity contribution in [2.75, 3.05) is 0 Å². The van der Waals surface area contributed by atoms with E-state index >= 15 is 0 Å². The molecule has 0 N–H and O–H groups in total. The van der Waals surface area contributed by atoms with E-state index in [-0.39, 0.29) is 0 Å². The number of hydrogen-bond donors (Lipinski definition) is 0. The minimum atomic E-state index is 0.613. The fraction of sp³-hybridized carbons (Fsp3) is 0.0968. The summed E-state index contributed by atoms with van der Waals surface area (Å²) >= 11 is 0. The highest BCUT2D eigenvalue weighted by atomic mass is 16.3. The summed E-state index contributed by atoms with van der Waals surface area (Å²) < 4.78 is 8.86. The smallest absolute Gasteiger partial charge is 0.216 e. The molecular formula is C31H23N2O+. The van der Waals surface area contributed by atoms with E-state index in [0.717, 1.165) is 60.7 Å². The highest BCUT2D eigenvalue weighted by Gasteiger charge is 2.23. The monoisotopic (exact) mass is 439 g/mol. The van der Waals surface area contributed by atoms with E-state index in [4.69, 9.17) is 4.42 Å². The second-order valence-corrected chi connectivity index (χ2v) is 8.94. The van der Waals surface area contributed by atoms with Crippen LogP contribution in [0, 0.1) is 25.2 Å². The van der Waals surface area contributed by atoms with Crippen LogP contribution in [0.25, 0.3) is 55.1 Å². The molecule has 2 aromatic heterocycles. The van der Waals surface area contributed by atoms with E-state index in [1.807, 2.05) is 30.3 Å². The summed E-state index contributed by atoms with van der Waals surface area (Å²) in [5.41, 5.74) is 8.63. The van der Waals surface area contributed by atoms with E-state index in [2.05, 4.69) is 86.3 Å². The lowest BCUT2D eigenvalue weighted by Crippen LogP contribution is -2.30. The first-order chi connectivity index (χ1) is 16.6. The summed E-state index contributed by atoms with van der Waals surface area (Å²) in [6.07, 6.45) is 2.08. The Labute approximate surface area is 198 Å². The van der Waals surface area contributed by atoms with Gasteiger partial charge in [0, 0.05) is 28.5 Å². The molecule has 162 valence electrons. The standard InChI is InChI=1S/C31H23N2O/c1-19-15-16-33(3)27(17-19)28-20(2)11-13-25-26-14-12-22(18-32)29(31(26)34-30(25)28)24-10-6-8-21-7-4-5-9-23(21)24/h4-17H,1-3H3/q+1. The van der Waals surface area contributed by atoms with E-state index in [1.165, 1.54) is 5.56 Å². The van der Waals surface area contributed by atoms with Crippen LogP contribution >= 0.6 is 0 Å². The number of aryl methyl sites for hydroxylation is 3. The molecule has 3 nitrogen and oxygen atoms in total. The van der Waals surface area contributed by atoms with Crippen molar-refractivity contribution in [3.05, 3.63) is 102 Å². The molecule has 6 aromatic rings. The van der Waals surface area contributed by atoms with Gasteiger partial charge in [0.2, 0.25) is 5.69 Å². The lowest BCUT2D eigenvalue weighted by Gasteiger charge is -2.09. The lowest BCUT2D eigenvalue weighted by molar-refractivity contribution is -0.660. The van der Waals surface area contributed by atoms with Crippen molar-refractivity contribution in [2.45, 2.75) is 13.8 Å². The van der Waals surface area contributed by atoms with Gasteiger partial charge in [0.1, 0.15) is 18.2 Å². The Balaban J connectivity index is 1.77. The summed E-state index contributed by atoms with van der Waals surface area (Å²) in [5, 5.41) is 14.4. The number of rotatable bonds is 2. The number of benzene rings is 4. The zero-order chi connectivity index (χ0) is 23.4. The maximum atomic E-state index is 10.0. The quantitative estimate of drug-likeness (QED) is 0.264. The molecule has 0 saturated heterocycles. The molecule has 2 heterocycles. The molecule has 34 heavy (non-hydrogen) atoms. The summed E-state index contributed by atoms with van der Waals surface area (Å²) in [5.74, 6) is 0.